The monoisotopic (exact) mass is 298 g/mol. The first-order chi connectivity index (χ1) is 10.2. The van der Waals surface area contributed by atoms with Crippen LogP contribution in [0.2, 0.25) is 5.02 Å². The van der Waals surface area contributed by atoms with Crippen LogP contribution in [0.3, 0.4) is 0 Å². The molecule has 3 rings (SSSR count). The Kier molecular flexibility index (Phi) is 3.93. The van der Waals surface area contributed by atoms with E-state index in [0.717, 1.165) is 17.0 Å². The molecule has 0 aliphatic carbocycles. The summed E-state index contributed by atoms with van der Waals surface area (Å²) < 4.78 is 7.72. The molecule has 1 aromatic heterocycles. The second-order valence-electron chi connectivity index (χ2n) is 4.78. The van der Waals surface area contributed by atoms with E-state index >= 15 is 0 Å². The van der Waals surface area contributed by atoms with Gasteiger partial charge < -0.3 is 9.30 Å². The molecule has 4 heteroatoms. The predicted molar refractivity (Wildman–Crippen MR) is 84.4 cm³/mol. The molecule has 21 heavy (non-hydrogen) atoms. The number of hydrogen-bond donors (Lipinski definition) is 0. The largest absolute Gasteiger partial charge is 0.487 e. The van der Waals surface area contributed by atoms with E-state index in [0.29, 0.717) is 17.4 Å². The molecule has 0 atom stereocenters. The SMILES string of the molecule is Cn1ccnc1-c1ccc(OCc2ccccc2)c(Cl)c1. The van der Waals surface area contributed by atoms with Gasteiger partial charge in [-0.3, -0.25) is 0 Å². The molecule has 0 unspecified atom stereocenters. The van der Waals surface area contributed by atoms with Gasteiger partial charge in [-0.2, -0.15) is 0 Å². The standard InChI is InChI=1S/C17H15ClN2O/c1-20-10-9-19-17(20)14-7-8-16(15(18)11-14)21-12-13-5-3-2-4-6-13/h2-11H,12H2,1H3. The maximum absolute atomic E-state index is 6.30. The summed E-state index contributed by atoms with van der Waals surface area (Å²) in [6, 6.07) is 15.7. The average molecular weight is 299 g/mol. The minimum Gasteiger partial charge on any atom is -0.487 e. The van der Waals surface area contributed by atoms with Gasteiger partial charge in [-0.1, -0.05) is 41.9 Å². The van der Waals surface area contributed by atoms with Crippen molar-refractivity contribution in [1.29, 1.82) is 0 Å². The van der Waals surface area contributed by atoms with Crippen molar-refractivity contribution in [2.24, 2.45) is 7.05 Å². The molecule has 3 aromatic rings. The van der Waals surface area contributed by atoms with Gasteiger partial charge in [0.1, 0.15) is 18.2 Å². The first-order valence-corrected chi connectivity index (χ1v) is 7.06. The summed E-state index contributed by atoms with van der Waals surface area (Å²) >= 11 is 6.30. The second kappa shape index (κ2) is 6.02. The molecule has 0 fully saturated rings. The van der Waals surface area contributed by atoms with Gasteiger partial charge in [-0.25, -0.2) is 4.98 Å². The Hall–Kier alpha value is -2.26. The Morgan fingerprint density at radius 1 is 1.14 bits per heavy atom. The van der Waals surface area contributed by atoms with E-state index in [1.54, 1.807) is 6.20 Å². The highest BCUT2D eigenvalue weighted by Gasteiger charge is 2.08. The summed E-state index contributed by atoms with van der Waals surface area (Å²) in [5.74, 6) is 1.56. The van der Waals surface area contributed by atoms with Crippen LogP contribution >= 0.6 is 11.6 Å². The fraction of sp³-hybridized carbons (Fsp3) is 0.118. The topological polar surface area (TPSA) is 27.1 Å². The van der Waals surface area contributed by atoms with Gasteiger partial charge in [0.05, 0.1) is 5.02 Å². The highest BCUT2D eigenvalue weighted by molar-refractivity contribution is 6.32. The minimum atomic E-state index is 0.502. The van der Waals surface area contributed by atoms with Gasteiger partial charge in [0.15, 0.2) is 0 Å². The van der Waals surface area contributed by atoms with Crippen molar-refractivity contribution < 1.29 is 4.74 Å². The first-order valence-electron chi connectivity index (χ1n) is 6.68. The van der Waals surface area contributed by atoms with Crippen LogP contribution in [0.15, 0.2) is 60.9 Å². The number of nitrogens with zero attached hydrogens (tertiary/aromatic N) is 2. The molecular weight excluding hydrogens is 284 g/mol. The molecular formula is C17H15ClN2O. The van der Waals surface area contributed by atoms with Crippen molar-refractivity contribution >= 4 is 11.6 Å². The lowest BCUT2D eigenvalue weighted by molar-refractivity contribution is 0.306. The van der Waals surface area contributed by atoms with E-state index in [-0.39, 0.29) is 0 Å². The summed E-state index contributed by atoms with van der Waals surface area (Å²) in [5.41, 5.74) is 2.08. The molecule has 0 radical (unpaired) electrons. The van der Waals surface area contributed by atoms with Crippen LogP contribution in [0.5, 0.6) is 5.75 Å². The van der Waals surface area contributed by atoms with Gasteiger partial charge in [0.25, 0.3) is 0 Å². The molecule has 0 aliphatic rings. The highest BCUT2D eigenvalue weighted by atomic mass is 35.5. The number of benzene rings is 2. The third-order valence-electron chi connectivity index (χ3n) is 3.25. The van der Waals surface area contributed by atoms with E-state index in [4.69, 9.17) is 16.3 Å². The third kappa shape index (κ3) is 3.09. The molecule has 0 N–H and O–H groups in total. The molecule has 0 saturated heterocycles. The average Bonchev–Trinajstić information content (AvgIpc) is 2.93. The lowest BCUT2D eigenvalue weighted by atomic mass is 10.2. The van der Waals surface area contributed by atoms with E-state index < -0.39 is 0 Å². The summed E-state index contributed by atoms with van der Waals surface area (Å²) in [6.45, 7) is 0.502. The lowest BCUT2D eigenvalue weighted by Gasteiger charge is -2.10. The van der Waals surface area contributed by atoms with Gasteiger partial charge in [0, 0.05) is 25.0 Å². The minimum absolute atomic E-state index is 0.502. The summed E-state index contributed by atoms with van der Waals surface area (Å²) in [6.07, 6.45) is 3.67. The first kappa shape index (κ1) is 13.7. The van der Waals surface area contributed by atoms with Gasteiger partial charge in [0.2, 0.25) is 0 Å². The molecule has 0 saturated carbocycles. The molecule has 2 aromatic carbocycles. The maximum atomic E-state index is 6.30. The predicted octanol–water partition coefficient (Wildman–Crippen LogP) is 4.32. The number of aromatic nitrogens is 2. The van der Waals surface area contributed by atoms with E-state index in [1.165, 1.54) is 0 Å². The summed E-state index contributed by atoms with van der Waals surface area (Å²) in [4.78, 5) is 4.31. The fourth-order valence-corrected chi connectivity index (χ4v) is 2.37. The Labute approximate surface area is 128 Å². The van der Waals surface area contributed by atoms with E-state index in [2.05, 4.69) is 4.98 Å². The van der Waals surface area contributed by atoms with Gasteiger partial charge >= 0.3 is 0 Å². The smallest absolute Gasteiger partial charge is 0.139 e. The fourth-order valence-electron chi connectivity index (χ4n) is 2.14. The quantitative estimate of drug-likeness (QED) is 0.717. The highest BCUT2D eigenvalue weighted by Crippen LogP contribution is 2.30. The number of halogens is 1. The number of ether oxygens (including phenoxy) is 1. The zero-order valence-electron chi connectivity index (χ0n) is 11.7. The zero-order chi connectivity index (χ0) is 14.7. The summed E-state index contributed by atoms with van der Waals surface area (Å²) in [5, 5.41) is 0.589. The number of aryl methyl sites for hydroxylation is 1. The number of rotatable bonds is 4. The van der Waals surface area contributed by atoms with Crippen molar-refractivity contribution in [3.8, 4) is 17.1 Å². The van der Waals surface area contributed by atoms with Crippen LogP contribution in [-0.4, -0.2) is 9.55 Å². The molecule has 106 valence electrons. The van der Waals surface area contributed by atoms with Crippen LogP contribution in [0.25, 0.3) is 11.4 Å². The summed E-state index contributed by atoms with van der Waals surface area (Å²) in [7, 11) is 1.95. The number of hydrogen-bond acceptors (Lipinski definition) is 2. The van der Waals surface area contributed by atoms with E-state index in [9.17, 15) is 0 Å². The molecule has 1 heterocycles. The Balaban J connectivity index is 1.77. The molecule has 0 amide bonds. The van der Waals surface area contributed by atoms with Crippen LogP contribution in [0.4, 0.5) is 0 Å². The maximum Gasteiger partial charge on any atom is 0.139 e. The Morgan fingerprint density at radius 2 is 1.95 bits per heavy atom. The number of imidazole rings is 1. The lowest BCUT2D eigenvalue weighted by Crippen LogP contribution is -1.96. The van der Waals surface area contributed by atoms with Crippen LogP contribution in [-0.2, 0) is 13.7 Å². The van der Waals surface area contributed by atoms with Crippen molar-refractivity contribution in [2.75, 3.05) is 0 Å². The van der Waals surface area contributed by atoms with Crippen LogP contribution < -0.4 is 4.74 Å². The van der Waals surface area contributed by atoms with Crippen molar-refractivity contribution in [3.63, 3.8) is 0 Å². The van der Waals surface area contributed by atoms with Gasteiger partial charge in [-0.15, -0.1) is 0 Å². The van der Waals surface area contributed by atoms with Gasteiger partial charge in [-0.05, 0) is 23.8 Å². The van der Waals surface area contributed by atoms with Crippen molar-refractivity contribution in [1.82, 2.24) is 9.55 Å². The molecule has 0 spiro atoms. The molecule has 0 aliphatic heterocycles. The van der Waals surface area contributed by atoms with Crippen molar-refractivity contribution in [3.05, 3.63) is 71.5 Å². The molecule has 0 bridgehead atoms. The van der Waals surface area contributed by atoms with Crippen LogP contribution in [0, 0.1) is 0 Å². The third-order valence-corrected chi connectivity index (χ3v) is 3.54. The Morgan fingerprint density at radius 3 is 2.62 bits per heavy atom. The molecule has 3 nitrogen and oxygen atoms in total. The van der Waals surface area contributed by atoms with Crippen molar-refractivity contribution in [2.45, 2.75) is 6.61 Å². The Bertz CT molecular complexity index is 738. The zero-order valence-corrected chi connectivity index (χ0v) is 12.4. The normalized spacial score (nSPS) is 10.6. The second-order valence-corrected chi connectivity index (χ2v) is 5.19. The van der Waals surface area contributed by atoms with E-state index in [1.807, 2.05) is 66.3 Å². The van der Waals surface area contributed by atoms with Crippen LogP contribution in [0.1, 0.15) is 5.56 Å².